The van der Waals surface area contributed by atoms with Crippen LogP contribution in [0.4, 0.5) is 0 Å². The van der Waals surface area contributed by atoms with E-state index in [2.05, 4.69) is 28.5 Å². The molecule has 2 heterocycles. The first kappa shape index (κ1) is 18.5. The molecule has 0 aliphatic carbocycles. The maximum Gasteiger partial charge on any atom is 0.226 e. The lowest BCUT2D eigenvalue weighted by Crippen LogP contribution is -2.47. The molecule has 0 spiro atoms. The second-order valence-electron chi connectivity index (χ2n) is 6.72. The van der Waals surface area contributed by atoms with Crippen LogP contribution >= 0.6 is 0 Å². The number of nitrogens with one attached hydrogen (secondary N) is 1. The molecule has 5 heteroatoms. The molecule has 1 aliphatic heterocycles. The fourth-order valence-electron chi connectivity index (χ4n) is 3.54. The Labute approximate surface area is 154 Å². The molecule has 0 atom stereocenters. The van der Waals surface area contributed by atoms with Crippen molar-refractivity contribution < 1.29 is 14.3 Å². The van der Waals surface area contributed by atoms with E-state index < -0.39 is 5.41 Å². The minimum absolute atomic E-state index is 0.0961. The summed E-state index contributed by atoms with van der Waals surface area (Å²) in [5.41, 5.74) is 2.94. The highest BCUT2D eigenvalue weighted by Crippen LogP contribution is 2.37. The molecule has 3 rings (SSSR count). The van der Waals surface area contributed by atoms with Crippen molar-refractivity contribution in [1.29, 1.82) is 0 Å². The maximum absolute atomic E-state index is 13.0. The largest absolute Gasteiger partial charge is 0.383 e. The molecule has 5 nitrogen and oxygen atoms in total. The molecule has 1 amide bonds. The summed E-state index contributed by atoms with van der Waals surface area (Å²) in [5, 5.41) is 3.04. The van der Waals surface area contributed by atoms with Crippen molar-refractivity contribution in [3.63, 3.8) is 0 Å². The summed E-state index contributed by atoms with van der Waals surface area (Å²) < 4.78 is 10.6. The molecule has 0 unspecified atom stereocenters. The Morgan fingerprint density at radius 1 is 1.23 bits per heavy atom. The van der Waals surface area contributed by atoms with E-state index >= 15 is 0 Å². The zero-order valence-electron chi connectivity index (χ0n) is 15.2. The normalized spacial score (nSPS) is 16.2. The summed E-state index contributed by atoms with van der Waals surface area (Å²) in [6.45, 7) is 2.28. The van der Waals surface area contributed by atoms with Gasteiger partial charge in [0, 0.05) is 44.8 Å². The van der Waals surface area contributed by atoms with Gasteiger partial charge < -0.3 is 14.8 Å². The van der Waals surface area contributed by atoms with Gasteiger partial charge in [-0.1, -0.05) is 30.3 Å². The monoisotopic (exact) mass is 354 g/mol. The van der Waals surface area contributed by atoms with Crippen molar-refractivity contribution in [3.05, 3.63) is 54.4 Å². The van der Waals surface area contributed by atoms with Gasteiger partial charge in [0.15, 0.2) is 0 Å². The fraction of sp³-hybridized carbons (Fsp3) is 0.429. The quantitative estimate of drug-likeness (QED) is 0.777. The lowest BCUT2D eigenvalue weighted by atomic mass is 9.73. The van der Waals surface area contributed by atoms with Gasteiger partial charge >= 0.3 is 0 Å². The van der Waals surface area contributed by atoms with Gasteiger partial charge in [-0.15, -0.1) is 0 Å². The SMILES string of the molecule is COCCNC(=O)C1(Cc2ccccc2-c2cccnc2)CCOCC1. The van der Waals surface area contributed by atoms with Crippen LogP contribution in [0.3, 0.4) is 0 Å². The van der Waals surface area contributed by atoms with Crippen molar-refractivity contribution in [2.24, 2.45) is 5.41 Å². The van der Waals surface area contributed by atoms with Gasteiger partial charge in [-0.3, -0.25) is 9.78 Å². The third-order valence-corrected chi connectivity index (χ3v) is 5.04. The number of methoxy groups -OCH3 is 1. The summed E-state index contributed by atoms with van der Waals surface area (Å²) in [7, 11) is 1.64. The molecular weight excluding hydrogens is 328 g/mol. The van der Waals surface area contributed by atoms with E-state index in [1.807, 2.05) is 24.4 Å². The van der Waals surface area contributed by atoms with Crippen LogP contribution in [0.15, 0.2) is 48.8 Å². The summed E-state index contributed by atoms with van der Waals surface area (Å²) in [4.78, 5) is 17.3. The molecule has 2 aromatic rings. The zero-order valence-corrected chi connectivity index (χ0v) is 15.2. The molecule has 0 radical (unpaired) electrons. The summed E-state index contributed by atoms with van der Waals surface area (Å²) in [5.74, 6) is 0.0961. The molecule has 1 aliphatic rings. The second kappa shape index (κ2) is 8.92. The van der Waals surface area contributed by atoms with E-state index in [1.54, 1.807) is 13.3 Å². The topological polar surface area (TPSA) is 60.5 Å². The van der Waals surface area contributed by atoms with E-state index in [4.69, 9.17) is 9.47 Å². The number of amides is 1. The Bertz CT molecular complexity index is 712. The Kier molecular flexibility index (Phi) is 6.36. The van der Waals surface area contributed by atoms with E-state index in [9.17, 15) is 4.79 Å². The number of pyridine rings is 1. The minimum Gasteiger partial charge on any atom is -0.383 e. The average molecular weight is 354 g/mol. The van der Waals surface area contributed by atoms with Crippen LogP contribution in [0.25, 0.3) is 11.1 Å². The number of hydrogen-bond acceptors (Lipinski definition) is 4. The van der Waals surface area contributed by atoms with Gasteiger partial charge in [-0.25, -0.2) is 0 Å². The number of aromatic nitrogens is 1. The molecule has 138 valence electrons. The maximum atomic E-state index is 13.0. The van der Waals surface area contributed by atoms with E-state index in [1.165, 1.54) is 5.56 Å². The Balaban J connectivity index is 1.87. The highest BCUT2D eigenvalue weighted by molar-refractivity contribution is 5.83. The molecule has 1 saturated heterocycles. The van der Waals surface area contributed by atoms with E-state index in [-0.39, 0.29) is 5.91 Å². The summed E-state index contributed by atoms with van der Waals surface area (Å²) in [6.07, 6.45) is 5.80. The number of carbonyl (C=O) groups is 1. The number of nitrogens with zero attached hydrogens (tertiary/aromatic N) is 1. The molecule has 1 N–H and O–H groups in total. The highest BCUT2D eigenvalue weighted by Gasteiger charge is 2.40. The molecule has 1 aromatic heterocycles. The lowest BCUT2D eigenvalue weighted by molar-refractivity contribution is -0.136. The molecule has 26 heavy (non-hydrogen) atoms. The smallest absolute Gasteiger partial charge is 0.226 e. The molecule has 1 aromatic carbocycles. The van der Waals surface area contributed by atoms with Crippen LogP contribution in [-0.2, 0) is 20.7 Å². The third-order valence-electron chi connectivity index (χ3n) is 5.04. The standard InChI is InChI=1S/C21H26N2O3/c1-25-14-11-23-20(24)21(8-12-26-13-9-21)15-17-5-2-3-7-19(17)18-6-4-10-22-16-18/h2-7,10,16H,8-9,11-15H2,1H3,(H,23,24). The minimum atomic E-state index is -0.440. The molecule has 0 saturated carbocycles. The molecular formula is C21H26N2O3. The highest BCUT2D eigenvalue weighted by atomic mass is 16.5. The predicted molar refractivity (Wildman–Crippen MR) is 101 cm³/mol. The van der Waals surface area contributed by atoms with E-state index in [0.717, 1.165) is 24.0 Å². The number of rotatable bonds is 7. The Morgan fingerprint density at radius 3 is 2.77 bits per heavy atom. The van der Waals surface area contributed by atoms with Crippen LogP contribution in [-0.4, -0.2) is 44.4 Å². The molecule has 1 fully saturated rings. The Morgan fingerprint density at radius 2 is 2.04 bits per heavy atom. The fourth-order valence-corrected chi connectivity index (χ4v) is 3.54. The Hall–Kier alpha value is -2.24. The van der Waals surface area contributed by atoms with Crippen LogP contribution in [0.1, 0.15) is 18.4 Å². The number of benzene rings is 1. The second-order valence-corrected chi connectivity index (χ2v) is 6.72. The lowest BCUT2D eigenvalue weighted by Gasteiger charge is -2.36. The van der Waals surface area contributed by atoms with Gasteiger partial charge in [0.1, 0.15) is 0 Å². The zero-order chi connectivity index (χ0) is 18.2. The van der Waals surface area contributed by atoms with Gasteiger partial charge in [-0.2, -0.15) is 0 Å². The van der Waals surface area contributed by atoms with Crippen LogP contribution in [0.2, 0.25) is 0 Å². The van der Waals surface area contributed by atoms with Crippen molar-refractivity contribution in [2.75, 3.05) is 33.5 Å². The van der Waals surface area contributed by atoms with Crippen LogP contribution in [0, 0.1) is 5.41 Å². The average Bonchev–Trinajstić information content (AvgIpc) is 2.70. The van der Waals surface area contributed by atoms with Crippen molar-refractivity contribution in [3.8, 4) is 11.1 Å². The number of carbonyl (C=O) groups excluding carboxylic acids is 1. The van der Waals surface area contributed by atoms with Gasteiger partial charge in [0.2, 0.25) is 5.91 Å². The van der Waals surface area contributed by atoms with Crippen molar-refractivity contribution >= 4 is 5.91 Å². The van der Waals surface area contributed by atoms with Crippen LogP contribution in [0.5, 0.6) is 0 Å². The predicted octanol–water partition coefficient (Wildman–Crippen LogP) is 2.85. The van der Waals surface area contributed by atoms with Gasteiger partial charge in [0.25, 0.3) is 0 Å². The van der Waals surface area contributed by atoms with E-state index in [0.29, 0.717) is 32.8 Å². The summed E-state index contributed by atoms with van der Waals surface area (Å²) in [6, 6.07) is 12.3. The number of ether oxygens (including phenoxy) is 2. The van der Waals surface area contributed by atoms with Crippen molar-refractivity contribution in [2.45, 2.75) is 19.3 Å². The molecule has 0 bridgehead atoms. The van der Waals surface area contributed by atoms with Gasteiger partial charge in [0.05, 0.1) is 12.0 Å². The summed E-state index contributed by atoms with van der Waals surface area (Å²) >= 11 is 0. The number of hydrogen-bond donors (Lipinski definition) is 1. The van der Waals surface area contributed by atoms with Crippen molar-refractivity contribution in [1.82, 2.24) is 10.3 Å². The van der Waals surface area contributed by atoms with Crippen LogP contribution < -0.4 is 5.32 Å². The van der Waals surface area contributed by atoms with Gasteiger partial charge in [-0.05, 0) is 36.5 Å². The first-order valence-electron chi connectivity index (χ1n) is 9.08. The first-order valence-corrected chi connectivity index (χ1v) is 9.08. The first-order chi connectivity index (χ1) is 12.7. The third kappa shape index (κ3) is 4.29.